The van der Waals surface area contributed by atoms with Crippen LogP contribution in [-0.4, -0.2) is 12.5 Å². The molecule has 0 bridgehead atoms. The number of hydrogen-bond donors (Lipinski definition) is 1. The Bertz CT molecular complexity index is 412. The van der Waals surface area contributed by atoms with E-state index in [9.17, 15) is 8.78 Å². The lowest BCUT2D eigenvalue weighted by Gasteiger charge is -2.47. The summed E-state index contributed by atoms with van der Waals surface area (Å²) in [6.45, 7) is 0.155. The minimum atomic E-state index is -2.63. The summed E-state index contributed by atoms with van der Waals surface area (Å²) in [6, 6.07) is 5.06. The lowest BCUT2D eigenvalue weighted by molar-refractivity contribution is -0.123. The van der Waals surface area contributed by atoms with Crippen molar-refractivity contribution in [3.63, 3.8) is 0 Å². The van der Waals surface area contributed by atoms with Gasteiger partial charge >= 0.3 is 0 Å². The van der Waals surface area contributed by atoms with Gasteiger partial charge in [-0.1, -0.05) is 35.3 Å². The zero-order chi connectivity index (χ0) is 12.0. The van der Waals surface area contributed by atoms with Crippen LogP contribution in [0.1, 0.15) is 18.4 Å². The van der Waals surface area contributed by atoms with E-state index in [0.717, 1.165) is 0 Å². The largest absolute Gasteiger partial charge is 0.330 e. The van der Waals surface area contributed by atoms with Gasteiger partial charge in [0, 0.05) is 24.8 Å². The van der Waals surface area contributed by atoms with Crippen LogP contribution < -0.4 is 5.73 Å². The quantitative estimate of drug-likeness (QED) is 0.869. The molecule has 0 spiro atoms. The molecule has 0 heterocycles. The van der Waals surface area contributed by atoms with Crippen molar-refractivity contribution >= 4 is 23.2 Å². The van der Waals surface area contributed by atoms with Crippen molar-refractivity contribution in [2.24, 2.45) is 5.73 Å². The molecular weight excluding hydrogens is 255 g/mol. The van der Waals surface area contributed by atoms with Crippen LogP contribution in [0.3, 0.4) is 0 Å². The molecule has 1 saturated carbocycles. The van der Waals surface area contributed by atoms with E-state index in [0.29, 0.717) is 15.6 Å². The van der Waals surface area contributed by atoms with Crippen LogP contribution in [-0.2, 0) is 5.41 Å². The topological polar surface area (TPSA) is 26.0 Å². The molecule has 1 aromatic rings. The molecule has 88 valence electrons. The van der Waals surface area contributed by atoms with E-state index in [1.807, 2.05) is 0 Å². The molecule has 16 heavy (non-hydrogen) atoms. The van der Waals surface area contributed by atoms with Gasteiger partial charge in [0.1, 0.15) is 0 Å². The lowest BCUT2D eigenvalue weighted by Crippen LogP contribution is -2.53. The van der Waals surface area contributed by atoms with E-state index in [2.05, 4.69) is 0 Å². The number of alkyl halides is 2. The highest BCUT2D eigenvalue weighted by Gasteiger charge is 2.57. The Morgan fingerprint density at radius 1 is 1.25 bits per heavy atom. The molecule has 0 saturated heterocycles. The summed E-state index contributed by atoms with van der Waals surface area (Å²) in [5.74, 6) is -2.63. The standard InChI is InChI=1S/C11H11Cl2F2N/c12-8-3-1-2-7(9(8)13)10(6-16)4-11(14,15)5-10/h1-3H,4-6,16H2. The zero-order valence-electron chi connectivity index (χ0n) is 8.44. The summed E-state index contributed by atoms with van der Waals surface area (Å²) in [5.41, 5.74) is 5.52. The third-order valence-electron chi connectivity index (χ3n) is 3.11. The molecule has 0 unspecified atom stereocenters. The Morgan fingerprint density at radius 3 is 2.38 bits per heavy atom. The predicted octanol–water partition coefficient (Wildman–Crippen LogP) is 3.62. The fourth-order valence-corrected chi connectivity index (χ4v) is 2.80. The summed E-state index contributed by atoms with van der Waals surface area (Å²) >= 11 is 11.9. The molecule has 2 rings (SSSR count). The lowest BCUT2D eigenvalue weighted by atomic mass is 9.62. The Balaban J connectivity index is 2.40. The number of benzene rings is 1. The van der Waals surface area contributed by atoms with Crippen LogP contribution in [0.15, 0.2) is 18.2 Å². The average molecular weight is 266 g/mol. The van der Waals surface area contributed by atoms with E-state index in [-0.39, 0.29) is 19.4 Å². The summed E-state index contributed by atoms with van der Waals surface area (Å²) < 4.78 is 26.0. The van der Waals surface area contributed by atoms with E-state index < -0.39 is 11.3 Å². The Kier molecular flexibility index (Phi) is 2.89. The highest BCUT2D eigenvalue weighted by atomic mass is 35.5. The van der Waals surface area contributed by atoms with Crippen molar-refractivity contribution in [1.29, 1.82) is 0 Å². The zero-order valence-corrected chi connectivity index (χ0v) is 9.95. The second-order valence-corrected chi connectivity index (χ2v) is 5.08. The monoisotopic (exact) mass is 265 g/mol. The Morgan fingerprint density at radius 2 is 1.88 bits per heavy atom. The van der Waals surface area contributed by atoms with Crippen LogP contribution in [0.2, 0.25) is 10.0 Å². The molecular formula is C11H11Cl2F2N. The van der Waals surface area contributed by atoms with Crippen molar-refractivity contribution in [1.82, 2.24) is 0 Å². The third kappa shape index (κ3) is 1.81. The summed E-state index contributed by atoms with van der Waals surface area (Å²) in [7, 11) is 0. The fourth-order valence-electron chi connectivity index (χ4n) is 2.30. The minimum Gasteiger partial charge on any atom is -0.330 e. The molecule has 0 radical (unpaired) electrons. The van der Waals surface area contributed by atoms with Gasteiger partial charge in [0.25, 0.3) is 0 Å². The van der Waals surface area contributed by atoms with Gasteiger partial charge in [-0.3, -0.25) is 0 Å². The first kappa shape index (κ1) is 12.1. The van der Waals surface area contributed by atoms with Crippen LogP contribution in [0, 0.1) is 0 Å². The van der Waals surface area contributed by atoms with Crippen molar-refractivity contribution in [2.75, 3.05) is 6.54 Å². The van der Waals surface area contributed by atoms with Gasteiger partial charge in [0.05, 0.1) is 10.0 Å². The molecule has 1 nitrogen and oxygen atoms in total. The highest BCUT2D eigenvalue weighted by molar-refractivity contribution is 6.42. The molecule has 0 aromatic heterocycles. The molecule has 5 heteroatoms. The normalized spacial score (nSPS) is 21.6. The maximum absolute atomic E-state index is 13.0. The second kappa shape index (κ2) is 3.83. The first-order valence-electron chi connectivity index (χ1n) is 4.93. The number of rotatable bonds is 2. The van der Waals surface area contributed by atoms with E-state index >= 15 is 0 Å². The van der Waals surface area contributed by atoms with Gasteiger partial charge in [-0.25, -0.2) is 8.78 Å². The second-order valence-electron chi connectivity index (χ2n) is 4.30. The molecule has 2 N–H and O–H groups in total. The molecule has 1 aliphatic rings. The third-order valence-corrected chi connectivity index (χ3v) is 3.93. The van der Waals surface area contributed by atoms with Crippen molar-refractivity contribution in [3.05, 3.63) is 33.8 Å². The first-order chi connectivity index (χ1) is 7.40. The first-order valence-corrected chi connectivity index (χ1v) is 5.68. The Labute approximate surface area is 103 Å². The van der Waals surface area contributed by atoms with Gasteiger partial charge < -0.3 is 5.73 Å². The van der Waals surface area contributed by atoms with Crippen LogP contribution in [0.5, 0.6) is 0 Å². The number of nitrogens with two attached hydrogens (primary N) is 1. The van der Waals surface area contributed by atoms with Crippen molar-refractivity contribution in [2.45, 2.75) is 24.2 Å². The van der Waals surface area contributed by atoms with Gasteiger partial charge in [-0.2, -0.15) is 0 Å². The maximum atomic E-state index is 13.0. The fraction of sp³-hybridized carbons (Fsp3) is 0.455. The van der Waals surface area contributed by atoms with Crippen molar-refractivity contribution in [3.8, 4) is 0 Å². The average Bonchev–Trinajstić information content (AvgIpc) is 2.18. The highest BCUT2D eigenvalue weighted by Crippen LogP contribution is 2.54. The summed E-state index contributed by atoms with van der Waals surface area (Å²) in [6.07, 6.45) is -0.507. The van der Waals surface area contributed by atoms with Gasteiger partial charge in [-0.15, -0.1) is 0 Å². The van der Waals surface area contributed by atoms with Gasteiger partial charge in [-0.05, 0) is 11.6 Å². The summed E-state index contributed by atoms with van der Waals surface area (Å²) in [5, 5.41) is 0.715. The molecule has 0 atom stereocenters. The van der Waals surface area contributed by atoms with Crippen LogP contribution in [0.4, 0.5) is 8.78 Å². The summed E-state index contributed by atoms with van der Waals surface area (Å²) in [4.78, 5) is 0. The van der Waals surface area contributed by atoms with E-state index in [4.69, 9.17) is 28.9 Å². The molecule has 1 aromatic carbocycles. The van der Waals surface area contributed by atoms with E-state index in [1.165, 1.54) is 0 Å². The Hall–Kier alpha value is -0.380. The van der Waals surface area contributed by atoms with Crippen LogP contribution in [0.25, 0.3) is 0 Å². The smallest absolute Gasteiger partial charge is 0.250 e. The molecule has 0 amide bonds. The number of halogens is 4. The molecule has 0 aliphatic heterocycles. The minimum absolute atomic E-state index is 0.155. The molecule has 1 aliphatic carbocycles. The van der Waals surface area contributed by atoms with Crippen molar-refractivity contribution < 1.29 is 8.78 Å². The SMILES string of the molecule is NCC1(c2cccc(Cl)c2Cl)CC(F)(F)C1. The van der Waals surface area contributed by atoms with Gasteiger partial charge in [0.15, 0.2) is 0 Å². The molecule has 1 fully saturated rings. The van der Waals surface area contributed by atoms with Crippen LogP contribution >= 0.6 is 23.2 Å². The van der Waals surface area contributed by atoms with Gasteiger partial charge in [0.2, 0.25) is 5.92 Å². The number of hydrogen-bond acceptors (Lipinski definition) is 1. The maximum Gasteiger partial charge on any atom is 0.250 e. The van der Waals surface area contributed by atoms with E-state index in [1.54, 1.807) is 18.2 Å². The predicted molar refractivity (Wildman–Crippen MR) is 61.4 cm³/mol.